The standard InChI is InChI=1S/3C21H25FO/c3*1-14-6-9-20(22)18(11-14)16-8-7-15(13-23)12-17(16)19-5-4-10-21(19,2)3/h3*6-9,11-12,19,23H,4-5,10,13H2,1-3H3/t2*19-;/m10./s1. The second-order valence-electron chi connectivity index (χ2n) is 22.5. The first-order chi connectivity index (χ1) is 32.8. The van der Waals surface area contributed by atoms with Crippen molar-refractivity contribution in [2.45, 2.75) is 158 Å². The third kappa shape index (κ3) is 11.6. The molecule has 9 rings (SSSR count). The van der Waals surface area contributed by atoms with E-state index < -0.39 is 0 Å². The SMILES string of the molecule is Cc1ccc(F)c(-c2ccc(CO)cc2C2CCCC2(C)C)c1.Cc1ccc(F)c(-c2ccc(CO)cc2[C@@H]2CCCC2(C)C)c1.Cc1ccc(F)c(-c2ccc(CO)cc2[C@H]2CCCC2(C)C)c1. The van der Waals surface area contributed by atoms with Crippen molar-refractivity contribution in [3.8, 4) is 33.4 Å². The van der Waals surface area contributed by atoms with Gasteiger partial charge in [0.15, 0.2) is 0 Å². The monoisotopic (exact) mass is 937 g/mol. The number of aliphatic hydroxyl groups excluding tert-OH is 3. The largest absolute Gasteiger partial charge is 0.392 e. The van der Waals surface area contributed by atoms with E-state index in [0.29, 0.717) is 34.4 Å². The van der Waals surface area contributed by atoms with E-state index in [0.717, 1.165) is 69.3 Å². The van der Waals surface area contributed by atoms with Crippen molar-refractivity contribution in [1.29, 1.82) is 0 Å². The molecule has 3 aliphatic carbocycles. The molecule has 6 aromatic carbocycles. The van der Waals surface area contributed by atoms with Crippen LogP contribution in [-0.2, 0) is 19.8 Å². The first-order valence-corrected chi connectivity index (χ1v) is 25.3. The summed E-state index contributed by atoms with van der Waals surface area (Å²) in [5.74, 6) is 0.690. The van der Waals surface area contributed by atoms with Gasteiger partial charge >= 0.3 is 0 Å². The van der Waals surface area contributed by atoms with E-state index in [1.807, 2.05) is 75.4 Å². The molecule has 366 valence electrons. The molecule has 3 saturated carbocycles. The Balaban J connectivity index is 0.000000153. The van der Waals surface area contributed by atoms with Gasteiger partial charge in [-0.2, -0.15) is 0 Å². The predicted molar refractivity (Wildman–Crippen MR) is 279 cm³/mol. The smallest absolute Gasteiger partial charge is 0.131 e. The highest BCUT2D eigenvalue weighted by Crippen LogP contribution is 2.54. The highest BCUT2D eigenvalue weighted by Gasteiger charge is 2.39. The van der Waals surface area contributed by atoms with Gasteiger partial charge in [0.2, 0.25) is 0 Å². The fourth-order valence-corrected chi connectivity index (χ4v) is 12.0. The number of aliphatic hydroxyl groups is 3. The van der Waals surface area contributed by atoms with Crippen molar-refractivity contribution in [2.24, 2.45) is 16.2 Å². The van der Waals surface area contributed by atoms with E-state index in [1.54, 1.807) is 36.4 Å². The van der Waals surface area contributed by atoms with Gasteiger partial charge in [-0.15, -0.1) is 0 Å². The summed E-state index contributed by atoms with van der Waals surface area (Å²) >= 11 is 0. The molecule has 6 aromatic rings. The van der Waals surface area contributed by atoms with Gasteiger partial charge in [0.1, 0.15) is 17.5 Å². The summed E-state index contributed by atoms with van der Waals surface area (Å²) in [4.78, 5) is 0. The molecule has 0 bridgehead atoms. The quantitative estimate of drug-likeness (QED) is 0.135. The number of hydrogen-bond acceptors (Lipinski definition) is 3. The lowest BCUT2D eigenvalue weighted by molar-refractivity contribution is 0.281. The third-order valence-electron chi connectivity index (χ3n) is 16.0. The van der Waals surface area contributed by atoms with Crippen LogP contribution in [0.25, 0.3) is 33.4 Å². The molecule has 3 fully saturated rings. The number of benzene rings is 6. The van der Waals surface area contributed by atoms with Gasteiger partial charge in [0.05, 0.1) is 19.8 Å². The summed E-state index contributed by atoms with van der Waals surface area (Å²) in [5, 5.41) is 28.6. The zero-order valence-electron chi connectivity index (χ0n) is 42.6. The maximum absolute atomic E-state index is 14.4. The first-order valence-electron chi connectivity index (χ1n) is 25.3. The summed E-state index contributed by atoms with van der Waals surface area (Å²) < 4.78 is 43.3. The molecule has 0 aromatic heterocycles. The summed E-state index contributed by atoms with van der Waals surface area (Å²) in [6, 6.07) is 33.7. The number of aryl methyl sites for hydroxylation is 3. The summed E-state index contributed by atoms with van der Waals surface area (Å²) in [6.45, 7) is 19.8. The van der Waals surface area contributed by atoms with E-state index in [1.165, 1.54) is 55.2 Å². The number of halogens is 3. The summed E-state index contributed by atoms with van der Waals surface area (Å²) in [6.07, 6.45) is 10.6. The Morgan fingerprint density at radius 2 is 0.638 bits per heavy atom. The second kappa shape index (κ2) is 21.5. The van der Waals surface area contributed by atoms with Gasteiger partial charge in [-0.3, -0.25) is 0 Å². The molecule has 6 heteroatoms. The first kappa shape index (κ1) is 51.8. The Hall–Kier alpha value is -5.01. The Bertz CT molecular complexity index is 2450. The Kier molecular flexibility index (Phi) is 16.2. The molecule has 0 saturated heterocycles. The van der Waals surface area contributed by atoms with Crippen LogP contribution in [0.2, 0.25) is 0 Å². The van der Waals surface area contributed by atoms with Gasteiger partial charge in [-0.05, 0) is 180 Å². The van der Waals surface area contributed by atoms with Crippen molar-refractivity contribution in [3.63, 3.8) is 0 Å². The van der Waals surface area contributed by atoms with E-state index in [-0.39, 0.29) is 53.5 Å². The van der Waals surface area contributed by atoms with Gasteiger partial charge in [0, 0.05) is 16.7 Å². The molecular formula is C63H75F3O3. The van der Waals surface area contributed by atoms with Crippen molar-refractivity contribution >= 4 is 0 Å². The fraction of sp³-hybridized carbons (Fsp3) is 0.429. The van der Waals surface area contributed by atoms with Gasteiger partial charge < -0.3 is 15.3 Å². The topological polar surface area (TPSA) is 60.7 Å². The van der Waals surface area contributed by atoms with E-state index in [4.69, 9.17) is 0 Å². The molecule has 3 N–H and O–H groups in total. The van der Waals surface area contributed by atoms with Crippen molar-refractivity contribution < 1.29 is 28.5 Å². The van der Waals surface area contributed by atoms with Crippen molar-refractivity contribution in [2.75, 3.05) is 0 Å². The summed E-state index contributed by atoms with van der Waals surface area (Å²) in [5.41, 5.74) is 15.0. The molecule has 0 aliphatic heterocycles. The van der Waals surface area contributed by atoms with Gasteiger partial charge in [-0.25, -0.2) is 13.2 Å². The molecule has 3 aliphatic rings. The van der Waals surface area contributed by atoms with Crippen LogP contribution in [0.15, 0.2) is 109 Å². The molecule has 1 unspecified atom stereocenters. The van der Waals surface area contributed by atoms with Gasteiger partial charge in [0.25, 0.3) is 0 Å². The Morgan fingerprint density at radius 3 is 0.855 bits per heavy atom. The molecule has 3 nitrogen and oxygen atoms in total. The molecule has 69 heavy (non-hydrogen) atoms. The van der Waals surface area contributed by atoms with Crippen LogP contribution in [0.4, 0.5) is 13.2 Å². The zero-order chi connectivity index (χ0) is 49.8. The lowest BCUT2D eigenvalue weighted by atomic mass is 9.75. The molecule has 3 atom stereocenters. The lowest BCUT2D eigenvalue weighted by Gasteiger charge is -2.30. The number of rotatable bonds is 9. The molecular weight excluding hydrogens is 862 g/mol. The van der Waals surface area contributed by atoms with Crippen LogP contribution >= 0.6 is 0 Å². The molecule has 0 amide bonds. The van der Waals surface area contributed by atoms with E-state index >= 15 is 0 Å². The van der Waals surface area contributed by atoms with E-state index in [2.05, 4.69) is 59.7 Å². The number of hydrogen-bond donors (Lipinski definition) is 3. The van der Waals surface area contributed by atoms with Gasteiger partial charge in [-0.1, -0.05) is 150 Å². The highest BCUT2D eigenvalue weighted by atomic mass is 19.1. The predicted octanol–water partition coefficient (Wildman–Crippen LogP) is 16.8. The highest BCUT2D eigenvalue weighted by molar-refractivity contribution is 5.72. The average Bonchev–Trinajstić information content (AvgIpc) is 4.01. The lowest BCUT2D eigenvalue weighted by Crippen LogP contribution is -2.16. The molecule has 0 spiro atoms. The third-order valence-corrected chi connectivity index (χ3v) is 16.0. The minimum atomic E-state index is -0.176. The van der Waals surface area contributed by atoms with E-state index in [9.17, 15) is 28.5 Å². The van der Waals surface area contributed by atoms with Crippen LogP contribution in [0.3, 0.4) is 0 Å². The van der Waals surface area contributed by atoms with Crippen molar-refractivity contribution in [1.82, 2.24) is 0 Å². The fourth-order valence-electron chi connectivity index (χ4n) is 12.0. The second-order valence-corrected chi connectivity index (χ2v) is 22.5. The Morgan fingerprint density at radius 1 is 0.377 bits per heavy atom. The zero-order valence-corrected chi connectivity index (χ0v) is 42.6. The van der Waals surface area contributed by atoms with Crippen LogP contribution in [0.1, 0.15) is 167 Å². The van der Waals surface area contributed by atoms with Crippen LogP contribution < -0.4 is 0 Å². The molecule has 0 radical (unpaired) electrons. The minimum absolute atomic E-state index is 0.0245. The molecule has 0 heterocycles. The van der Waals surface area contributed by atoms with Crippen LogP contribution in [0.5, 0.6) is 0 Å². The maximum atomic E-state index is 14.4. The van der Waals surface area contributed by atoms with Crippen molar-refractivity contribution in [3.05, 3.63) is 177 Å². The van der Waals surface area contributed by atoms with Crippen LogP contribution in [0, 0.1) is 54.5 Å². The average molecular weight is 937 g/mol. The normalized spacial score (nSPS) is 20.0. The summed E-state index contributed by atoms with van der Waals surface area (Å²) in [7, 11) is 0. The minimum Gasteiger partial charge on any atom is -0.392 e. The maximum Gasteiger partial charge on any atom is 0.131 e. The Labute approximate surface area is 410 Å². The van der Waals surface area contributed by atoms with Crippen LogP contribution in [-0.4, -0.2) is 15.3 Å².